The first-order chi connectivity index (χ1) is 13.9. The molecule has 7 nitrogen and oxygen atoms in total. The van der Waals surface area contributed by atoms with Gasteiger partial charge in [-0.1, -0.05) is 37.3 Å². The van der Waals surface area contributed by atoms with Gasteiger partial charge in [-0.25, -0.2) is 4.79 Å². The first-order valence-corrected chi connectivity index (χ1v) is 10.4. The summed E-state index contributed by atoms with van der Waals surface area (Å²) in [6.45, 7) is 6.60. The lowest BCUT2D eigenvalue weighted by atomic mass is 10.0. The predicted octanol–water partition coefficient (Wildman–Crippen LogP) is 2.76. The van der Waals surface area contributed by atoms with E-state index in [1.54, 1.807) is 13.8 Å². The van der Waals surface area contributed by atoms with E-state index < -0.39 is 24.1 Å². The summed E-state index contributed by atoms with van der Waals surface area (Å²) in [5, 5.41) is 9.41. The topological polar surface area (TPSA) is 87.2 Å². The predicted molar refractivity (Wildman–Crippen MR) is 117 cm³/mol. The minimum Gasteiger partial charge on any atom is -0.480 e. The van der Waals surface area contributed by atoms with E-state index in [0.717, 1.165) is 5.56 Å². The molecule has 0 radical (unpaired) electrons. The van der Waals surface area contributed by atoms with Crippen molar-refractivity contribution in [3.8, 4) is 0 Å². The quantitative estimate of drug-likeness (QED) is 0.563. The minimum atomic E-state index is -0.975. The smallest absolute Gasteiger partial charge is 0.326 e. The number of amides is 1. The van der Waals surface area contributed by atoms with Crippen LogP contribution in [0.3, 0.4) is 0 Å². The Morgan fingerprint density at radius 3 is 2.47 bits per heavy atom. The summed E-state index contributed by atoms with van der Waals surface area (Å²) in [4.78, 5) is 40.5. The zero-order valence-corrected chi connectivity index (χ0v) is 18.8. The number of carbonyl (C=O) groups is 3. The summed E-state index contributed by atoms with van der Waals surface area (Å²) in [5.41, 5.74) is 1.11. The van der Waals surface area contributed by atoms with Crippen molar-refractivity contribution in [3.05, 3.63) is 35.9 Å². The second-order valence-electron chi connectivity index (χ2n) is 7.33. The van der Waals surface area contributed by atoms with Crippen LogP contribution in [0.4, 0.5) is 0 Å². The number of aliphatic carboxylic acids is 1. The molecule has 1 saturated heterocycles. The molecule has 1 heterocycles. The van der Waals surface area contributed by atoms with Gasteiger partial charge in [0, 0.05) is 6.54 Å². The van der Waals surface area contributed by atoms with E-state index in [0.29, 0.717) is 38.8 Å². The van der Waals surface area contributed by atoms with Crippen LogP contribution < -0.4 is 0 Å². The molecule has 0 bridgehead atoms. The molecule has 3 atom stereocenters. The van der Waals surface area contributed by atoms with Crippen molar-refractivity contribution >= 4 is 30.3 Å². The number of halogens is 1. The van der Waals surface area contributed by atoms with Crippen LogP contribution in [0, 0.1) is 0 Å². The molecule has 1 aliphatic heterocycles. The molecule has 1 aliphatic rings. The third-order valence-corrected chi connectivity index (χ3v) is 5.55. The maximum atomic E-state index is 13.1. The van der Waals surface area contributed by atoms with E-state index in [9.17, 15) is 19.5 Å². The lowest BCUT2D eigenvalue weighted by Crippen LogP contribution is -2.55. The number of carboxylic acids is 1. The van der Waals surface area contributed by atoms with E-state index in [1.807, 2.05) is 42.2 Å². The van der Waals surface area contributed by atoms with Crippen molar-refractivity contribution in [1.29, 1.82) is 0 Å². The largest absolute Gasteiger partial charge is 0.480 e. The van der Waals surface area contributed by atoms with Gasteiger partial charge in [-0.3, -0.25) is 14.5 Å². The van der Waals surface area contributed by atoms with Gasteiger partial charge in [0.15, 0.2) is 0 Å². The van der Waals surface area contributed by atoms with Crippen LogP contribution in [0.25, 0.3) is 0 Å². The Hall–Kier alpha value is -2.12. The normalized spacial score (nSPS) is 17.9. The Labute approximate surface area is 184 Å². The Kier molecular flexibility index (Phi) is 10.8. The molecule has 0 unspecified atom stereocenters. The number of likely N-dealkylation sites (N-methyl/N-ethyl adjacent to an activating group) is 1. The maximum absolute atomic E-state index is 13.1. The fourth-order valence-electron chi connectivity index (χ4n) is 4.04. The van der Waals surface area contributed by atoms with Gasteiger partial charge < -0.3 is 14.7 Å². The number of rotatable bonds is 10. The van der Waals surface area contributed by atoms with Crippen molar-refractivity contribution in [2.75, 3.05) is 19.7 Å². The van der Waals surface area contributed by atoms with Crippen molar-refractivity contribution in [1.82, 2.24) is 9.80 Å². The van der Waals surface area contributed by atoms with Crippen molar-refractivity contribution in [2.45, 2.75) is 64.6 Å². The minimum absolute atomic E-state index is 0. The molecule has 1 aromatic carbocycles. The molecule has 0 saturated carbocycles. The second-order valence-corrected chi connectivity index (χ2v) is 7.33. The number of carbonyl (C=O) groups excluding carboxylic acids is 2. The number of benzene rings is 1. The number of ether oxygens (including phenoxy) is 1. The Balaban J connectivity index is 0.00000450. The van der Waals surface area contributed by atoms with Crippen LogP contribution >= 0.6 is 12.4 Å². The lowest BCUT2D eigenvalue weighted by molar-refractivity contribution is -0.155. The summed E-state index contributed by atoms with van der Waals surface area (Å²) in [7, 11) is 0. The Morgan fingerprint density at radius 2 is 1.90 bits per heavy atom. The fraction of sp³-hybridized carbons (Fsp3) is 0.591. The van der Waals surface area contributed by atoms with Gasteiger partial charge in [0.25, 0.3) is 0 Å². The van der Waals surface area contributed by atoms with Crippen LogP contribution in [-0.4, -0.2) is 70.6 Å². The van der Waals surface area contributed by atoms with Crippen LogP contribution in [0.5, 0.6) is 0 Å². The average Bonchev–Trinajstić information content (AvgIpc) is 3.21. The van der Waals surface area contributed by atoms with Crippen molar-refractivity contribution in [3.63, 3.8) is 0 Å². The van der Waals surface area contributed by atoms with Gasteiger partial charge in [-0.15, -0.1) is 12.4 Å². The maximum Gasteiger partial charge on any atom is 0.326 e. The lowest BCUT2D eigenvalue weighted by Gasteiger charge is -2.36. The average molecular weight is 441 g/mol. The van der Waals surface area contributed by atoms with Gasteiger partial charge in [0.2, 0.25) is 5.91 Å². The number of hydrogen-bond donors (Lipinski definition) is 1. The molecule has 0 aliphatic carbocycles. The zero-order chi connectivity index (χ0) is 21.4. The molecule has 2 rings (SSSR count). The summed E-state index contributed by atoms with van der Waals surface area (Å²) in [6, 6.07) is 7.92. The number of nitrogens with zero attached hydrogens (tertiary/aromatic N) is 2. The highest BCUT2D eigenvalue weighted by molar-refractivity contribution is 5.88. The first kappa shape index (κ1) is 25.9. The van der Waals surface area contributed by atoms with Crippen LogP contribution in [0.15, 0.2) is 30.3 Å². The van der Waals surface area contributed by atoms with Gasteiger partial charge >= 0.3 is 11.9 Å². The van der Waals surface area contributed by atoms with Crippen molar-refractivity contribution in [2.24, 2.45) is 0 Å². The van der Waals surface area contributed by atoms with E-state index >= 15 is 0 Å². The number of carboxylic acid groups (broad SMARTS) is 1. The molecule has 8 heteroatoms. The van der Waals surface area contributed by atoms with E-state index in [4.69, 9.17) is 4.74 Å². The third-order valence-electron chi connectivity index (χ3n) is 5.55. The molecule has 0 spiro atoms. The van der Waals surface area contributed by atoms with Gasteiger partial charge in [-0.05, 0) is 51.6 Å². The number of hydrogen-bond acceptors (Lipinski definition) is 5. The van der Waals surface area contributed by atoms with Gasteiger partial charge in [-0.2, -0.15) is 0 Å². The highest BCUT2D eigenvalue weighted by Gasteiger charge is 2.40. The number of likely N-dealkylation sites (tertiary alicyclic amines) is 1. The Morgan fingerprint density at radius 1 is 1.23 bits per heavy atom. The van der Waals surface area contributed by atoms with E-state index in [1.165, 1.54) is 4.90 Å². The summed E-state index contributed by atoms with van der Waals surface area (Å²) >= 11 is 0. The highest BCUT2D eigenvalue weighted by Crippen LogP contribution is 2.22. The van der Waals surface area contributed by atoms with Crippen LogP contribution in [-0.2, 0) is 25.5 Å². The Bertz CT molecular complexity index is 700. The van der Waals surface area contributed by atoms with Gasteiger partial charge in [0.1, 0.15) is 12.1 Å². The summed E-state index contributed by atoms with van der Waals surface area (Å²) < 4.78 is 5.29. The third kappa shape index (κ3) is 6.44. The molecule has 1 fully saturated rings. The van der Waals surface area contributed by atoms with E-state index in [-0.39, 0.29) is 30.9 Å². The number of aryl methyl sites for hydroxylation is 1. The molecular formula is C22H33ClN2O5. The standard InChI is InChI=1S/C22H32N2O5.ClH/c1-4-23(16(3)20(25)24-15-9-12-18(24)21(26)27)19(22(28)29-5-2)14-13-17-10-7-6-8-11-17;/h6-8,10-11,16,18-19H,4-5,9,12-15H2,1-3H3,(H,26,27);1H/t16-,18-,19-;/m0./s1. The SMILES string of the molecule is CCOC(=O)[C@H](CCc1ccccc1)N(CC)[C@@H](C)C(=O)N1CCC[C@H]1C(=O)O.Cl. The molecular weight excluding hydrogens is 408 g/mol. The molecule has 168 valence electrons. The highest BCUT2D eigenvalue weighted by atomic mass is 35.5. The van der Waals surface area contributed by atoms with Crippen LogP contribution in [0.2, 0.25) is 0 Å². The number of esters is 1. The molecule has 1 aromatic rings. The zero-order valence-electron chi connectivity index (χ0n) is 18.0. The first-order valence-electron chi connectivity index (χ1n) is 10.4. The summed E-state index contributed by atoms with van der Waals surface area (Å²) in [6.07, 6.45) is 2.35. The molecule has 1 N–H and O–H groups in total. The second kappa shape index (κ2) is 12.5. The van der Waals surface area contributed by atoms with Crippen LogP contribution in [0.1, 0.15) is 45.6 Å². The summed E-state index contributed by atoms with van der Waals surface area (Å²) in [5.74, 6) is -1.57. The van der Waals surface area contributed by atoms with E-state index in [2.05, 4.69) is 0 Å². The molecule has 1 amide bonds. The van der Waals surface area contributed by atoms with Gasteiger partial charge in [0.05, 0.1) is 12.6 Å². The fourth-order valence-corrected chi connectivity index (χ4v) is 4.04. The monoisotopic (exact) mass is 440 g/mol. The van der Waals surface area contributed by atoms with Crippen molar-refractivity contribution < 1.29 is 24.2 Å². The molecule has 0 aromatic heterocycles. The molecule has 30 heavy (non-hydrogen) atoms.